The van der Waals surface area contributed by atoms with Gasteiger partial charge in [-0.3, -0.25) is 4.79 Å². The number of carbonyl (C=O) groups excluding carboxylic acids is 1. The molecule has 0 spiro atoms. The van der Waals surface area contributed by atoms with Gasteiger partial charge in [-0.2, -0.15) is 0 Å². The van der Waals surface area contributed by atoms with Gasteiger partial charge in [0.1, 0.15) is 11.9 Å². The Hall–Kier alpha value is -1.61. The summed E-state index contributed by atoms with van der Waals surface area (Å²) in [5.74, 6) is -0.376. The van der Waals surface area contributed by atoms with Crippen molar-refractivity contribution >= 4 is 11.4 Å². The van der Waals surface area contributed by atoms with Crippen molar-refractivity contribution in [2.24, 2.45) is 0 Å². The van der Waals surface area contributed by atoms with Gasteiger partial charge in [-0.15, -0.1) is 0 Å². The van der Waals surface area contributed by atoms with Crippen LogP contribution in [-0.4, -0.2) is 22.1 Å². The Labute approximate surface area is 107 Å². The Morgan fingerprint density at radius 3 is 2.67 bits per heavy atom. The fraction of sp³-hybridized carbons (Fsp3) is 0.400. The second-order valence-electron chi connectivity index (χ2n) is 5.15. The van der Waals surface area contributed by atoms with Gasteiger partial charge in [0.05, 0.1) is 5.56 Å². The van der Waals surface area contributed by atoms with Gasteiger partial charge in [0.25, 0.3) is 0 Å². The summed E-state index contributed by atoms with van der Waals surface area (Å²) in [5, 5.41) is 19.8. The average molecular weight is 246 g/mol. The molecular weight excluding hydrogens is 228 g/mol. The zero-order valence-electron chi connectivity index (χ0n) is 10.9. The van der Waals surface area contributed by atoms with E-state index >= 15 is 0 Å². The summed E-state index contributed by atoms with van der Waals surface area (Å²) in [5.41, 5.74) is 3.84. The Morgan fingerprint density at radius 2 is 2.11 bits per heavy atom. The lowest BCUT2D eigenvalue weighted by Gasteiger charge is -2.29. The molecule has 1 aliphatic rings. The van der Waals surface area contributed by atoms with Crippen LogP contribution < -0.4 is 0 Å². The first-order chi connectivity index (χ1) is 8.34. The van der Waals surface area contributed by atoms with E-state index in [0.717, 1.165) is 22.3 Å². The van der Waals surface area contributed by atoms with Crippen molar-refractivity contribution in [1.29, 1.82) is 0 Å². The summed E-state index contributed by atoms with van der Waals surface area (Å²) < 4.78 is 0. The lowest BCUT2D eigenvalue weighted by Crippen LogP contribution is -2.30. The first kappa shape index (κ1) is 12.8. The number of ketones is 1. The summed E-state index contributed by atoms with van der Waals surface area (Å²) in [6, 6.07) is 1.57. The highest BCUT2D eigenvalue weighted by Crippen LogP contribution is 2.41. The average Bonchev–Trinajstić information content (AvgIpc) is 2.28. The number of aromatic hydroxyl groups is 1. The highest BCUT2D eigenvalue weighted by Gasteiger charge is 2.34. The third kappa shape index (κ3) is 1.75. The molecule has 2 rings (SSSR count). The van der Waals surface area contributed by atoms with Crippen molar-refractivity contribution in [3.05, 3.63) is 34.9 Å². The number of phenols is 1. The molecule has 0 amide bonds. The molecule has 3 heteroatoms. The second kappa shape index (κ2) is 4.25. The molecule has 0 heterocycles. The molecule has 3 nitrogen and oxygen atoms in total. The minimum absolute atomic E-state index is 0.0517. The zero-order valence-corrected chi connectivity index (χ0v) is 10.9. The molecule has 1 aliphatic carbocycles. The van der Waals surface area contributed by atoms with Gasteiger partial charge in [0.15, 0.2) is 5.78 Å². The molecule has 96 valence electrons. The number of Topliss-reactive ketones (excluding diaryl/α,β-unsaturated/α-hetero) is 1. The fourth-order valence-corrected chi connectivity index (χ4v) is 2.83. The van der Waals surface area contributed by atoms with E-state index < -0.39 is 6.10 Å². The van der Waals surface area contributed by atoms with Crippen LogP contribution in [0.25, 0.3) is 5.57 Å². The van der Waals surface area contributed by atoms with Crippen LogP contribution in [0.15, 0.2) is 12.6 Å². The number of rotatable bonds is 1. The third-order valence-corrected chi connectivity index (χ3v) is 3.69. The van der Waals surface area contributed by atoms with Gasteiger partial charge in [0, 0.05) is 0 Å². The van der Waals surface area contributed by atoms with E-state index in [1.807, 2.05) is 20.8 Å². The van der Waals surface area contributed by atoms with Crippen LogP contribution in [0.3, 0.4) is 0 Å². The molecular formula is C15H18O3. The number of phenolic OH excluding ortho intramolecular Hbond substituents is 1. The van der Waals surface area contributed by atoms with E-state index in [9.17, 15) is 15.0 Å². The molecule has 0 saturated heterocycles. The molecule has 0 fully saturated rings. The predicted molar refractivity (Wildman–Crippen MR) is 70.9 cm³/mol. The molecule has 2 N–H and O–H groups in total. The predicted octanol–water partition coefficient (Wildman–Crippen LogP) is 2.78. The van der Waals surface area contributed by atoms with Crippen LogP contribution >= 0.6 is 0 Å². The number of aliphatic hydroxyl groups is 1. The molecule has 18 heavy (non-hydrogen) atoms. The highest BCUT2D eigenvalue weighted by molar-refractivity contribution is 6.05. The van der Waals surface area contributed by atoms with E-state index in [1.54, 1.807) is 6.07 Å². The van der Waals surface area contributed by atoms with E-state index in [2.05, 4.69) is 6.58 Å². The first-order valence-corrected chi connectivity index (χ1v) is 6.09. The Balaban J connectivity index is 2.77. The van der Waals surface area contributed by atoms with Crippen molar-refractivity contribution in [3.63, 3.8) is 0 Å². The standard InChI is InChI=1S/C15H18O3/c1-7(2)10-6-11(16)14-13(9(10)4)8(3)5-12(17)15(14)18/h6,8,12,16-17H,1,5H2,2-4H3. The maximum atomic E-state index is 12.0. The van der Waals surface area contributed by atoms with E-state index in [0.29, 0.717) is 6.42 Å². The number of hydrogen-bond acceptors (Lipinski definition) is 3. The molecule has 0 aromatic heterocycles. The van der Waals surface area contributed by atoms with Crippen molar-refractivity contribution in [1.82, 2.24) is 0 Å². The van der Waals surface area contributed by atoms with Crippen molar-refractivity contribution in [2.45, 2.75) is 39.2 Å². The van der Waals surface area contributed by atoms with E-state index in [1.165, 1.54) is 0 Å². The fourth-order valence-electron chi connectivity index (χ4n) is 2.83. The molecule has 0 radical (unpaired) electrons. The number of benzene rings is 1. The monoisotopic (exact) mass is 246 g/mol. The van der Waals surface area contributed by atoms with Gasteiger partial charge in [-0.05, 0) is 48.9 Å². The quantitative estimate of drug-likeness (QED) is 0.801. The minimum atomic E-state index is -1.01. The SMILES string of the molecule is C=C(C)c1cc(O)c2c(c1C)C(C)CC(O)C2=O. The van der Waals surface area contributed by atoms with Gasteiger partial charge in [0.2, 0.25) is 0 Å². The smallest absolute Gasteiger partial charge is 0.195 e. The summed E-state index contributed by atoms with van der Waals surface area (Å²) >= 11 is 0. The maximum absolute atomic E-state index is 12.0. The van der Waals surface area contributed by atoms with E-state index in [4.69, 9.17) is 0 Å². The van der Waals surface area contributed by atoms with Gasteiger partial charge in [-0.1, -0.05) is 19.1 Å². The van der Waals surface area contributed by atoms with Crippen LogP contribution in [0.1, 0.15) is 53.2 Å². The van der Waals surface area contributed by atoms with Gasteiger partial charge >= 0.3 is 0 Å². The number of hydrogen-bond donors (Lipinski definition) is 2. The Kier molecular flexibility index (Phi) is 3.03. The molecule has 1 aromatic rings. The molecule has 0 bridgehead atoms. The van der Waals surface area contributed by atoms with Gasteiger partial charge < -0.3 is 10.2 Å². The molecule has 0 saturated carbocycles. The van der Waals surface area contributed by atoms with Gasteiger partial charge in [-0.25, -0.2) is 0 Å². The number of carbonyl (C=O) groups is 1. The van der Waals surface area contributed by atoms with Crippen LogP contribution in [0, 0.1) is 6.92 Å². The van der Waals surface area contributed by atoms with Crippen LogP contribution in [0.2, 0.25) is 0 Å². The lowest BCUT2D eigenvalue weighted by atomic mass is 9.77. The topological polar surface area (TPSA) is 57.5 Å². The Morgan fingerprint density at radius 1 is 1.50 bits per heavy atom. The van der Waals surface area contributed by atoms with Crippen molar-refractivity contribution in [2.75, 3.05) is 0 Å². The first-order valence-electron chi connectivity index (χ1n) is 6.09. The lowest BCUT2D eigenvalue weighted by molar-refractivity contribution is 0.0690. The highest BCUT2D eigenvalue weighted by atomic mass is 16.3. The van der Waals surface area contributed by atoms with Crippen LogP contribution in [0.5, 0.6) is 5.75 Å². The van der Waals surface area contributed by atoms with Crippen LogP contribution in [0.4, 0.5) is 0 Å². The molecule has 2 unspecified atom stereocenters. The second-order valence-corrected chi connectivity index (χ2v) is 5.15. The van der Waals surface area contributed by atoms with Crippen molar-refractivity contribution in [3.8, 4) is 5.75 Å². The zero-order chi connectivity index (χ0) is 13.6. The Bertz CT molecular complexity index is 543. The van der Waals surface area contributed by atoms with Crippen molar-refractivity contribution < 1.29 is 15.0 Å². The summed E-state index contributed by atoms with van der Waals surface area (Å²) in [6.45, 7) is 9.66. The number of allylic oxidation sites excluding steroid dienone is 1. The summed E-state index contributed by atoms with van der Waals surface area (Å²) in [4.78, 5) is 12.0. The molecule has 1 aromatic carbocycles. The molecule has 0 aliphatic heterocycles. The number of aliphatic hydroxyl groups excluding tert-OH is 1. The maximum Gasteiger partial charge on any atom is 0.195 e. The largest absolute Gasteiger partial charge is 0.507 e. The summed E-state index contributed by atoms with van der Waals surface area (Å²) in [7, 11) is 0. The minimum Gasteiger partial charge on any atom is -0.507 e. The van der Waals surface area contributed by atoms with Crippen LogP contribution in [-0.2, 0) is 0 Å². The number of fused-ring (bicyclic) bond motifs is 1. The normalized spacial score (nSPS) is 22.8. The molecule has 2 atom stereocenters. The van der Waals surface area contributed by atoms with E-state index in [-0.39, 0.29) is 23.0 Å². The third-order valence-electron chi connectivity index (χ3n) is 3.69. The summed E-state index contributed by atoms with van der Waals surface area (Å²) in [6.07, 6.45) is -0.598.